The number of hydrogen-bond donors (Lipinski definition) is 1. The number of aromatic carboxylic acids is 1. The van der Waals surface area contributed by atoms with E-state index in [2.05, 4.69) is 12.1 Å². The van der Waals surface area contributed by atoms with E-state index < -0.39 is 5.97 Å². The number of hydrogen-bond acceptors (Lipinski definition) is 4. The third-order valence-corrected chi connectivity index (χ3v) is 5.63. The summed E-state index contributed by atoms with van der Waals surface area (Å²) >= 11 is 0. The second-order valence-electron chi connectivity index (χ2n) is 7.86. The van der Waals surface area contributed by atoms with Crippen LogP contribution in [0.25, 0.3) is 0 Å². The minimum atomic E-state index is -1.05. The van der Waals surface area contributed by atoms with E-state index in [0.717, 1.165) is 18.4 Å². The molecule has 6 heteroatoms. The van der Waals surface area contributed by atoms with Crippen LogP contribution in [0.4, 0.5) is 5.69 Å². The number of carbonyl (C=O) groups excluding carboxylic acids is 1. The minimum absolute atomic E-state index is 0.0519. The van der Waals surface area contributed by atoms with Gasteiger partial charge in [-0.15, -0.1) is 0 Å². The fourth-order valence-corrected chi connectivity index (χ4v) is 3.86. The maximum Gasteiger partial charge on any atom is 0.335 e. The van der Waals surface area contributed by atoms with Gasteiger partial charge in [0, 0.05) is 17.3 Å². The Morgan fingerprint density at radius 3 is 2.56 bits per heavy atom. The monoisotopic (exact) mass is 431 g/mol. The van der Waals surface area contributed by atoms with Gasteiger partial charge in [0.2, 0.25) is 0 Å². The Bertz CT molecular complexity index is 1140. The van der Waals surface area contributed by atoms with Gasteiger partial charge in [-0.25, -0.2) is 4.79 Å². The summed E-state index contributed by atoms with van der Waals surface area (Å²) in [6.07, 6.45) is 1.68. The van der Waals surface area contributed by atoms with Crippen molar-refractivity contribution in [1.82, 2.24) is 0 Å². The predicted molar refractivity (Wildman–Crippen MR) is 122 cm³/mol. The molecule has 0 saturated heterocycles. The first kappa shape index (κ1) is 21.4. The van der Waals surface area contributed by atoms with Crippen molar-refractivity contribution in [2.75, 3.05) is 12.0 Å². The number of carbonyl (C=O) groups is 2. The molecule has 1 N–H and O–H groups in total. The van der Waals surface area contributed by atoms with E-state index >= 15 is 0 Å². The fourth-order valence-electron chi connectivity index (χ4n) is 3.86. The number of nitrogens with zero attached hydrogens (tertiary/aromatic N) is 1. The van der Waals surface area contributed by atoms with Gasteiger partial charge in [-0.3, -0.25) is 4.79 Å². The summed E-state index contributed by atoms with van der Waals surface area (Å²) in [7, 11) is 1.58. The summed E-state index contributed by atoms with van der Waals surface area (Å²) in [5.74, 6) is -0.113. The molecule has 0 radical (unpaired) electrons. The Balaban J connectivity index is 1.51. The van der Waals surface area contributed by atoms with Crippen LogP contribution < -0.4 is 14.4 Å². The van der Waals surface area contributed by atoms with Crippen molar-refractivity contribution in [3.63, 3.8) is 0 Å². The quantitative estimate of drug-likeness (QED) is 0.546. The highest BCUT2D eigenvalue weighted by Gasteiger charge is 2.30. The van der Waals surface area contributed by atoms with Crippen molar-refractivity contribution in [3.05, 3.63) is 89.0 Å². The Hall–Kier alpha value is -3.80. The summed E-state index contributed by atoms with van der Waals surface area (Å²) in [5.41, 5.74) is 3.25. The molecule has 4 rings (SSSR count). The topological polar surface area (TPSA) is 76.1 Å². The van der Waals surface area contributed by atoms with Crippen molar-refractivity contribution in [2.24, 2.45) is 0 Å². The van der Waals surface area contributed by atoms with E-state index in [1.54, 1.807) is 30.2 Å². The van der Waals surface area contributed by atoms with Gasteiger partial charge in [-0.2, -0.15) is 0 Å². The van der Waals surface area contributed by atoms with E-state index in [1.165, 1.54) is 17.7 Å². The number of carboxylic acids is 1. The largest absolute Gasteiger partial charge is 0.493 e. The molecule has 1 aliphatic heterocycles. The van der Waals surface area contributed by atoms with E-state index in [4.69, 9.17) is 9.47 Å². The van der Waals surface area contributed by atoms with Gasteiger partial charge in [-0.05, 0) is 55.2 Å². The predicted octanol–water partition coefficient (Wildman–Crippen LogP) is 4.95. The molecule has 1 atom stereocenters. The van der Waals surface area contributed by atoms with Crippen LogP contribution in [0, 0.1) is 0 Å². The summed E-state index contributed by atoms with van der Waals surface area (Å²) in [6.45, 7) is 2.39. The Labute approximate surface area is 187 Å². The molecule has 0 fully saturated rings. The zero-order chi connectivity index (χ0) is 22.7. The van der Waals surface area contributed by atoms with Gasteiger partial charge in [0.05, 0.1) is 25.3 Å². The molecule has 3 aromatic carbocycles. The number of ether oxygens (including phenoxy) is 2. The van der Waals surface area contributed by atoms with Gasteiger partial charge >= 0.3 is 5.97 Å². The van der Waals surface area contributed by atoms with Crippen molar-refractivity contribution in [3.8, 4) is 11.5 Å². The van der Waals surface area contributed by atoms with Crippen LogP contribution in [0.3, 0.4) is 0 Å². The lowest BCUT2D eigenvalue weighted by Crippen LogP contribution is -2.23. The smallest absolute Gasteiger partial charge is 0.335 e. The molecule has 3 aromatic rings. The van der Waals surface area contributed by atoms with Crippen molar-refractivity contribution < 1.29 is 24.2 Å². The molecule has 1 unspecified atom stereocenters. The molecule has 1 heterocycles. The number of fused-ring (bicyclic) bond motifs is 1. The van der Waals surface area contributed by atoms with E-state index in [1.807, 2.05) is 31.2 Å². The number of benzene rings is 3. The number of aryl methyl sites for hydroxylation is 1. The first-order chi connectivity index (χ1) is 15.5. The molecule has 0 spiro atoms. The Morgan fingerprint density at radius 2 is 1.84 bits per heavy atom. The average molecular weight is 431 g/mol. The maximum absolute atomic E-state index is 13.0. The molecule has 32 heavy (non-hydrogen) atoms. The summed E-state index contributed by atoms with van der Waals surface area (Å²) in [5, 5.41) is 9.22. The highest BCUT2D eigenvalue weighted by Crippen LogP contribution is 2.36. The molecule has 1 amide bonds. The molecule has 0 saturated carbocycles. The standard InChI is InChI=1S/C26H25NO5/c1-17(8-9-18-6-4-3-5-7-18)32-24-15-21(12-13-23(24)31-2)27-16-20-11-10-19(26(29)30)14-22(20)25(27)28/h3-7,10-15,17H,8-9,16H2,1-2H3,(H,29,30). The highest BCUT2D eigenvalue weighted by atomic mass is 16.5. The zero-order valence-electron chi connectivity index (χ0n) is 18.1. The van der Waals surface area contributed by atoms with Crippen LogP contribution in [0.5, 0.6) is 11.5 Å². The zero-order valence-corrected chi connectivity index (χ0v) is 18.1. The molecule has 0 aromatic heterocycles. The van der Waals surface area contributed by atoms with Gasteiger partial charge in [0.25, 0.3) is 5.91 Å². The van der Waals surface area contributed by atoms with Crippen molar-refractivity contribution in [2.45, 2.75) is 32.4 Å². The Kier molecular flexibility index (Phi) is 6.12. The number of anilines is 1. The van der Waals surface area contributed by atoms with Gasteiger partial charge in [0.15, 0.2) is 11.5 Å². The minimum Gasteiger partial charge on any atom is -0.493 e. The first-order valence-corrected chi connectivity index (χ1v) is 10.5. The second kappa shape index (κ2) is 9.14. The SMILES string of the molecule is COc1ccc(N2Cc3ccc(C(=O)O)cc3C2=O)cc1OC(C)CCc1ccccc1. The molecule has 1 aliphatic rings. The maximum atomic E-state index is 13.0. The Morgan fingerprint density at radius 1 is 1.06 bits per heavy atom. The van der Waals surface area contributed by atoms with Crippen LogP contribution in [0.1, 0.15) is 45.2 Å². The number of rotatable bonds is 8. The van der Waals surface area contributed by atoms with Gasteiger partial charge in [-0.1, -0.05) is 36.4 Å². The van der Waals surface area contributed by atoms with E-state index in [9.17, 15) is 14.7 Å². The fraction of sp³-hybridized carbons (Fsp3) is 0.231. The number of carboxylic acid groups (broad SMARTS) is 1. The molecule has 0 aliphatic carbocycles. The van der Waals surface area contributed by atoms with Crippen LogP contribution in [-0.2, 0) is 13.0 Å². The van der Waals surface area contributed by atoms with Crippen LogP contribution in [0.2, 0.25) is 0 Å². The third-order valence-electron chi connectivity index (χ3n) is 5.63. The lowest BCUT2D eigenvalue weighted by atomic mass is 10.1. The molecular formula is C26H25NO5. The van der Waals surface area contributed by atoms with Crippen LogP contribution in [0.15, 0.2) is 66.7 Å². The van der Waals surface area contributed by atoms with Crippen molar-refractivity contribution >= 4 is 17.6 Å². The van der Waals surface area contributed by atoms with E-state index in [-0.39, 0.29) is 17.6 Å². The van der Waals surface area contributed by atoms with Crippen LogP contribution in [-0.4, -0.2) is 30.2 Å². The van der Waals surface area contributed by atoms with E-state index in [0.29, 0.717) is 29.3 Å². The average Bonchev–Trinajstić information content (AvgIpc) is 3.14. The summed E-state index contributed by atoms with van der Waals surface area (Å²) < 4.78 is 11.6. The lowest BCUT2D eigenvalue weighted by Gasteiger charge is -2.21. The number of amides is 1. The molecule has 6 nitrogen and oxygen atoms in total. The number of methoxy groups -OCH3 is 1. The molecule has 164 valence electrons. The lowest BCUT2D eigenvalue weighted by molar-refractivity contribution is 0.0697. The highest BCUT2D eigenvalue weighted by molar-refractivity contribution is 6.11. The van der Waals surface area contributed by atoms with Gasteiger partial charge in [0.1, 0.15) is 0 Å². The summed E-state index contributed by atoms with van der Waals surface area (Å²) in [4.78, 5) is 25.9. The second-order valence-corrected chi connectivity index (χ2v) is 7.86. The molecular weight excluding hydrogens is 406 g/mol. The molecule has 0 bridgehead atoms. The van der Waals surface area contributed by atoms with Gasteiger partial charge < -0.3 is 19.5 Å². The third kappa shape index (κ3) is 4.44. The summed E-state index contributed by atoms with van der Waals surface area (Å²) in [6, 6.07) is 20.3. The first-order valence-electron chi connectivity index (χ1n) is 10.5. The normalized spacial score (nSPS) is 13.6. The van der Waals surface area contributed by atoms with Crippen LogP contribution >= 0.6 is 0 Å². The van der Waals surface area contributed by atoms with Crippen molar-refractivity contribution in [1.29, 1.82) is 0 Å².